The third-order valence-electron chi connectivity index (χ3n) is 4.29. The van der Waals surface area contributed by atoms with E-state index in [0.29, 0.717) is 11.9 Å². The second kappa shape index (κ2) is 4.22. The van der Waals surface area contributed by atoms with Gasteiger partial charge in [0.25, 0.3) is 0 Å². The summed E-state index contributed by atoms with van der Waals surface area (Å²) in [6, 6.07) is 0.499. The van der Waals surface area contributed by atoms with Gasteiger partial charge >= 0.3 is 0 Å². The molecule has 0 radical (unpaired) electrons. The minimum absolute atomic E-state index is 0.151. The predicted octanol–water partition coefficient (Wildman–Crippen LogP) is 1.58. The van der Waals surface area contributed by atoms with Crippen molar-refractivity contribution >= 4 is 17.7 Å². The van der Waals surface area contributed by atoms with Gasteiger partial charge in [-0.15, -0.1) is 0 Å². The molecule has 1 atom stereocenters. The zero-order chi connectivity index (χ0) is 11.0. The lowest BCUT2D eigenvalue weighted by molar-refractivity contribution is -0.133. The smallest absolute Gasteiger partial charge is 0.244 e. The zero-order valence-corrected chi connectivity index (χ0v) is 10.5. The monoisotopic (exact) mass is 240 g/mol. The molecule has 2 heterocycles. The summed E-state index contributed by atoms with van der Waals surface area (Å²) < 4.78 is 0. The van der Waals surface area contributed by atoms with E-state index in [1.807, 2.05) is 11.8 Å². The quantitative estimate of drug-likeness (QED) is 0.755. The lowest BCUT2D eigenvalue weighted by Gasteiger charge is -2.31. The van der Waals surface area contributed by atoms with Crippen LogP contribution in [0.25, 0.3) is 0 Å². The summed E-state index contributed by atoms with van der Waals surface area (Å²) in [5, 5.41) is 3.50. The van der Waals surface area contributed by atoms with E-state index in [2.05, 4.69) is 10.2 Å². The fourth-order valence-electron chi connectivity index (χ4n) is 3.29. The second-order valence-electron chi connectivity index (χ2n) is 5.27. The van der Waals surface area contributed by atoms with Gasteiger partial charge in [0, 0.05) is 11.8 Å². The molecule has 3 aliphatic rings. The Morgan fingerprint density at radius 3 is 2.81 bits per heavy atom. The van der Waals surface area contributed by atoms with Crippen molar-refractivity contribution in [2.24, 2.45) is 0 Å². The highest BCUT2D eigenvalue weighted by Crippen LogP contribution is 2.36. The van der Waals surface area contributed by atoms with E-state index in [-0.39, 0.29) is 5.54 Å². The van der Waals surface area contributed by atoms with Crippen LogP contribution in [-0.4, -0.2) is 40.6 Å². The molecule has 2 aliphatic heterocycles. The maximum Gasteiger partial charge on any atom is 0.244 e. The first-order chi connectivity index (χ1) is 7.82. The molecule has 0 aromatic heterocycles. The largest absolute Gasteiger partial charge is 0.324 e. The van der Waals surface area contributed by atoms with Crippen LogP contribution in [0, 0.1) is 0 Å². The van der Waals surface area contributed by atoms with Crippen LogP contribution >= 0.6 is 11.8 Å². The van der Waals surface area contributed by atoms with E-state index in [1.54, 1.807) is 0 Å². The first-order valence-electron chi connectivity index (χ1n) is 6.46. The van der Waals surface area contributed by atoms with Gasteiger partial charge in [-0.25, -0.2) is 0 Å². The van der Waals surface area contributed by atoms with Crippen molar-refractivity contribution in [1.82, 2.24) is 10.2 Å². The fourth-order valence-corrected chi connectivity index (χ4v) is 4.45. The Bertz CT molecular complexity index is 283. The van der Waals surface area contributed by atoms with Crippen molar-refractivity contribution in [3.63, 3.8) is 0 Å². The maximum atomic E-state index is 12.5. The number of nitrogens with one attached hydrogen (secondary N) is 1. The predicted molar refractivity (Wildman–Crippen MR) is 66.4 cm³/mol. The summed E-state index contributed by atoms with van der Waals surface area (Å²) in [4.78, 5) is 14.6. The van der Waals surface area contributed by atoms with Crippen molar-refractivity contribution in [3.8, 4) is 0 Å². The Morgan fingerprint density at radius 1 is 1.31 bits per heavy atom. The highest BCUT2D eigenvalue weighted by Gasteiger charge is 2.49. The van der Waals surface area contributed by atoms with Crippen molar-refractivity contribution in [1.29, 1.82) is 0 Å². The molecular weight excluding hydrogens is 220 g/mol. The topological polar surface area (TPSA) is 32.3 Å². The molecule has 90 valence electrons. The van der Waals surface area contributed by atoms with Crippen LogP contribution in [-0.2, 0) is 4.79 Å². The van der Waals surface area contributed by atoms with Crippen LogP contribution in [0.15, 0.2) is 0 Å². The minimum atomic E-state index is -0.151. The highest BCUT2D eigenvalue weighted by molar-refractivity contribution is 7.99. The summed E-state index contributed by atoms with van der Waals surface area (Å²) in [5.41, 5.74) is -0.151. The molecule has 3 fully saturated rings. The minimum Gasteiger partial charge on any atom is -0.324 e. The Balaban J connectivity index is 1.71. The molecule has 4 heteroatoms. The van der Waals surface area contributed by atoms with Gasteiger partial charge in [-0.05, 0) is 31.4 Å². The summed E-state index contributed by atoms with van der Waals surface area (Å²) in [7, 11) is 0. The first kappa shape index (κ1) is 10.9. The van der Waals surface area contributed by atoms with Gasteiger partial charge in [-0.1, -0.05) is 12.8 Å². The number of carbonyl (C=O) groups is 1. The van der Waals surface area contributed by atoms with Crippen LogP contribution in [0.2, 0.25) is 0 Å². The standard InChI is InChI=1S/C12H20N2OS/c15-11-12(5-1-2-6-12)13-9-14(11)10-4-3-7-16-8-10/h10,13H,1-9H2. The summed E-state index contributed by atoms with van der Waals surface area (Å²) in [6.45, 7) is 0.796. The van der Waals surface area contributed by atoms with Gasteiger partial charge in [-0.2, -0.15) is 11.8 Å². The number of nitrogens with zero attached hydrogens (tertiary/aromatic N) is 1. The number of carbonyl (C=O) groups excluding carboxylic acids is 1. The molecule has 3 rings (SSSR count). The Kier molecular flexibility index (Phi) is 2.88. The number of rotatable bonds is 1. The maximum absolute atomic E-state index is 12.5. The third-order valence-corrected chi connectivity index (χ3v) is 5.49. The molecule has 0 aromatic rings. The molecule has 1 aliphatic carbocycles. The van der Waals surface area contributed by atoms with Gasteiger partial charge < -0.3 is 4.90 Å². The van der Waals surface area contributed by atoms with Gasteiger partial charge in [0.15, 0.2) is 0 Å². The summed E-state index contributed by atoms with van der Waals surface area (Å²) >= 11 is 2.00. The van der Waals surface area contributed by atoms with E-state index in [1.165, 1.54) is 31.4 Å². The zero-order valence-electron chi connectivity index (χ0n) is 9.71. The van der Waals surface area contributed by atoms with Gasteiger partial charge in [0.05, 0.1) is 12.2 Å². The van der Waals surface area contributed by atoms with Crippen LogP contribution < -0.4 is 5.32 Å². The fraction of sp³-hybridized carbons (Fsp3) is 0.917. The number of thioether (sulfide) groups is 1. The Hall–Kier alpha value is -0.220. The molecule has 1 amide bonds. The molecule has 2 saturated heterocycles. The van der Waals surface area contributed by atoms with E-state index >= 15 is 0 Å². The highest BCUT2D eigenvalue weighted by atomic mass is 32.2. The molecule has 1 spiro atoms. The average molecular weight is 240 g/mol. The lowest BCUT2D eigenvalue weighted by atomic mass is 9.97. The molecular formula is C12H20N2OS. The van der Waals surface area contributed by atoms with Crippen LogP contribution in [0.5, 0.6) is 0 Å². The molecule has 1 saturated carbocycles. The van der Waals surface area contributed by atoms with E-state index in [9.17, 15) is 4.79 Å². The molecule has 0 aromatic carbocycles. The summed E-state index contributed by atoms with van der Waals surface area (Å²) in [6.07, 6.45) is 7.02. The van der Waals surface area contributed by atoms with Crippen molar-refractivity contribution < 1.29 is 4.79 Å². The molecule has 16 heavy (non-hydrogen) atoms. The normalized spacial score (nSPS) is 33.9. The SMILES string of the molecule is O=C1N(C2CCCSC2)CNC12CCCC2. The number of hydrogen-bond donors (Lipinski definition) is 1. The van der Waals surface area contributed by atoms with Gasteiger partial charge in [-0.3, -0.25) is 10.1 Å². The lowest BCUT2D eigenvalue weighted by Crippen LogP contribution is -2.46. The van der Waals surface area contributed by atoms with E-state index < -0.39 is 0 Å². The van der Waals surface area contributed by atoms with Crippen molar-refractivity contribution in [2.45, 2.75) is 50.1 Å². The molecule has 1 unspecified atom stereocenters. The summed E-state index contributed by atoms with van der Waals surface area (Å²) in [5.74, 6) is 2.82. The second-order valence-corrected chi connectivity index (χ2v) is 6.42. The molecule has 0 bridgehead atoms. The average Bonchev–Trinajstić information content (AvgIpc) is 2.91. The van der Waals surface area contributed by atoms with Crippen LogP contribution in [0.4, 0.5) is 0 Å². The van der Waals surface area contributed by atoms with Crippen LogP contribution in [0.1, 0.15) is 38.5 Å². The Morgan fingerprint density at radius 2 is 2.12 bits per heavy atom. The molecule has 1 N–H and O–H groups in total. The van der Waals surface area contributed by atoms with Crippen LogP contribution in [0.3, 0.4) is 0 Å². The van der Waals surface area contributed by atoms with Gasteiger partial charge in [0.2, 0.25) is 5.91 Å². The van der Waals surface area contributed by atoms with Gasteiger partial charge in [0.1, 0.15) is 0 Å². The first-order valence-corrected chi connectivity index (χ1v) is 7.61. The van der Waals surface area contributed by atoms with Crippen molar-refractivity contribution in [3.05, 3.63) is 0 Å². The third kappa shape index (κ3) is 1.66. The van der Waals surface area contributed by atoms with E-state index in [4.69, 9.17) is 0 Å². The number of amides is 1. The number of hydrogen-bond acceptors (Lipinski definition) is 3. The van der Waals surface area contributed by atoms with E-state index in [0.717, 1.165) is 25.3 Å². The Labute approximate surface area is 101 Å². The molecule has 3 nitrogen and oxygen atoms in total. The van der Waals surface area contributed by atoms with Crippen molar-refractivity contribution in [2.75, 3.05) is 18.2 Å².